The highest BCUT2D eigenvalue weighted by molar-refractivity contribution is 6.03. The molecule has 0 saturated carbocycles. The lowest BCUT2D eigenvalue weighted by molar-refractivity contribution is -0.135. The van der Waals surface area contributed by atoms with Crippen LogP contribution < -0.4 is 10.9 Å². The number of aromatic hydroxyl groups is 1. The molecule has 0 saturated heterocycles. The Balaban J connectivity index is 2.06. The predicted molar refractivity (Wildman–Crippen MR) is 82.4 cm³/mol. The SMILES string of the molecule is COC(=O)/C=C\C(=O)NNC(=O)c1cc2ccccc2cc1O. The van der Waals surface area contributed by atoms with Gasteiger partial charge in [0, 0.05) is 12.2 Å². The van der Waals surface area contributed by atoms with Crippen molar-refractivity contribution in [1.29, 1.82) is 0 Å². The molecule has 0 radical (unpaired) electrons. The summed E-state index contributed by atoms with van der Waals surface area (Å²) in [4.78, 5) is 34.3. The molecule has 7 heteroatoms. The third kappa shape index (κ3) is 4.07. The molecule has 0 unspecified atom stereocenters. The van der Waals surface area contributed by atoms with E-state index in [4.69, 9.17) is 0 Å². The zero-order valence-corrected chi connectivity index (χ0v) is 12.2. The molecule has 0 aliphatic rings. The number of rotatable bonds is 3. The van der Waals surface area contributed by atoms with Crippen LogP contribution in [-0.4, -0.2) is 30.0 Å². The molecule has 23 heavy (non-hydrogen) atoms. The maximum atomic E-state index is 12.0. The van der Waals surface area contributed by atoms with E-state index >= 15 is 0 Å². The number of carbonyl (C=O) groups excluding carboxylic acids is 3. The Bertz CT molecular complexity index is 798. The number of amides is 2. The summed E-state index contributed by atoms with van der Waals surface area (Å²) in [5.41, 5.74) is 4.25. The fourth-order valence-electron chi connectivity index (χ4n) is 1.85. The van der Waals surface area contributed by atoms with E-state index < -0.39 is 17.8 Å². The minimum atomic E-state index is -0.718. The van der Waals surface area contributed by atoms with E-state index in [0.29, 0.717) is 0 Å². The fourth-order valence-corrected chi connectivity index (χ4v) is 1.85. The molecule has 7 nitrogen and oxygen atoms in total. The van der Waals surface area contributed by atoms with Gasteiger partial charge in [-0.3, -0.25) is 20.4 Å². The normalized spacial score (nSPS) is 10.5. The maximum Gasteiger partial charge on any atom is 0.330 e. The lowest BCUT2D eigenvalue weighted by Crippen LogP contribution is -2.40. The minimum Gasteiger partial charge on any atom is -0.507 e. The first-order chi connectivity index (χ1) is 11.0. The van der Waals surface area contributed by atoms with Gasteiger partial charge in [-0.1, -0.05) is 24.3 Å². The molecule has 0 aromatic heterocycles. The summed E-state index contributed by atoms with van der Waals surface area (Å²) in [5, 5.41) is 11.5. The number of phenolic OH excluding ortho intramolecular Hbond substituents is 1. The number of fused-ring (bicyclic) bond motifs is 1. The summed E-state index contributed by atoms with van der Waals surface area (Å²) in [6, 6.07) is 10.2. The van der Waals surface area contributed by atoms with E-state index in [9.17, 15) is 19.5 Å². The molecule has 0 atom stereocenters. The summed E-state index contributed by atoms with van der Waals surface area (Å²) < 4.78 is 4.33. The second kappa shape index (κ2) is 7.08. The molecular formula is C16H14N2O5. The monoisotopic (exact) mass is 314 g/mol. The van der Waals surface area contributed by atoms with Crippen molar-refractivity contribution >= 4 is 28.6 Å². The molecule has 118 valence electrons. The maximum absolute atomic E-state index is 12.0. The van der Waals surface area contributed by atoms with Crippen LogP contribution in [-0.2, 0) is 14.3 Å². The van der Waals surface area contributed by atoms with Crippen molar-refractivity contribution in [3.63, 3.8) is 0 Å². The highest BCUT2D eigenvalue weighted by Gasteiger charge is 2.12. The molecule has 0 bridgehead atoms. The molecule has 3 N–H and O–H groups in total. The average Bonchev–Trinajstić information content (AvgIpc) is 2.56. The smallest absolute Gasteiger partial charge is 0.330 e. The van der Waals surface area contributed by atoms with Gasteiger partial charge in [-0.25, -0.2) is 4.79 Å². The van der Waals surface area contributed by atoms with Crippen molar-refractivity contribution < 1.29 is 24.2 Å². The molecule has 2 amide bonds. The molecule has 0 fully saturated rings. The van der Waals surface area contributed by atoms with Gasteiger partial charge < -0.3 is 9.84 Å². The second-order valence-corrected chi connectivity index (χ2v) is 4.52. The molecular weight excluding hydrogens is 300 g/mol. The summed E-state index contributed by atoms with van der Waals surface area (Å²) in [6.07, 6.45) is 1.82. The van der Waals surface area contributed by atoms with Crippen molar-refractivity contribution in [2.45, 2.75) is 0 Å². The summed E-state index contributed by atoms with van der Waals surface area (Å²) >= 11 is 0. The Morgan fingerprint density at radius 3 is 2.35 bits per heavy atom. The number of nitrogens with one attached hydrogen (secondary N) is 2. The highest BCUT2D eigenvalue weighted by Crippen LogP contribution is 2.24. The Labute approximate surface area is 131 Å². The number of benzene rings is 2. The Kier molecular flexibility index (Phi) is 4.93. The zero-order valence-electron chi connectivity index (χ0n) is 12.2. The fraction of sp³-hybridized carbons (Fsp3) is 0.0625. The minimum absolute atomic E-state index is 0.0148. The molecule has 2 aromatic rings. The molecule has 2 rings (SSSR count). The van der Waals surface area contributed by atoms with Crippen molar-refractivity contribution in [2.75, 3.05) is 7.11 Å². The van der Waals surface area contributed by atoms with Crippen LogP contribution in [0.5, 0.6) is 5.75 Å². The van der Waals surface area contributed by atoms with E-state index in [1.807, 2.05) is 6.07 Å². The molecule has 0 aliphatic carbocycles. The number of esters is 1. The number of methoxy groups -OCH3 is 1. The number of ether oxygens (including phenoxy) is 1. The van der Waals surface area contributed by atoms with Gasteiger partial charge in [-0.05, 0) is 22.9 Å². The van der Waals surface area contributed by atoms with Gasteiger partial charge in [0.05, 0.1) is 12.7 Å². The Hall–Kier alpha value is -3.35. The molecule has 0 aliphatic heterocycles. The largest absolute Gasteiger partial charge is 0.507 e. The quantitative estimate of drug-likeness (QED) is 0.446. The van der Waals surface area contributed by atoms with Gasteiger partial charge in [0.25, 0.3) is 11.8 Å². The van der Waals surface area contributed by atoms with Crippen LogP contribution in [0.3, 0.4) is 0 Å². The van der Waals surface area contributed by atoms with Crippen molar-refractivity contribution in [1.82, 2.24) is 10.9 Å². The zero-order chi connectivity index (χ0) is 16.8. The molecule has 0 spiro atoms. The van der Waals surface area contributed by atoms with Gasteiger partial charge in [0.2, 0.25) is 0 Å². The Morgan fingerprint density at radius 2 is 1.70 bits per heavy atom. The number of hydrogen-bond acceptors (Lipinski definition) is 5. The van der Waals surface area contributed by atoms with Crippen LogP contribution in [0.4, 0.5) is 0 Å². The van der Waals surface area contributed by atoms with E-state index in [0.717, 1.165) is 22.9 Å². The van der Waals surface area contributed by atoms with Gasteiger partial charge in [0.15, 0.2) is 0 Å². The molecule has 0 heterocycles. The number of phenols is 1. The van der Waals surface area contributed by atoms with E-state index in [1.165, 1.54) is 19.2 Å². The second-order valence-electron chi connectivity index (χ2n) is 4.52. The first kappa shape index (κ1) is 16.0. The average molecular weight is 314 g/mol. The van der Waals surface area contributed by atoms with Gasteiger partial charge in [-0.2, -0.15) is 0 Å². The Morgan fingerprint density at radius 1 is 1.04 bits per heavy atom. The third-order valence-corrected chi connectivity index (χ3v) is 2.98. The summed E-state index contributed by atoms with van der Waals surface area (Å²) in [7, 11) is 1.18. The third-order valence-electron chi connectivity index (χ3n) is 2.98. The van der Waals surface area contributed by atoms with Gasteiger partial charge in [-0.15, -0.1) is 0 Å². The van der Waals surface area contributed by atoms with Crippen molar-refractivity contribution in [3.05, 3.63) is 54.1 Å². The number of hydrogen-bond donors (Lipinski definition) is 3. The first-order valence-corrected chi connectivity index (χ1v) is 6.59. The van der Waals surface area contributed by atoms with Crippen LogP contribution in [0.15, 0.2) is 48.6 Å². The van der Waals surface area contributed by atoms with E-state index in [1.54, 1.807) is 18.2 Å². The topological polar surface area (TPSA) is 105 Å². The molecule has 2 aromatic carbocycles. The number of carbonyl (C=O) groups is 3. The predicted octanol–water partition coefficient (Wildman–Crippen LogP) is 1.04. The standard InChI is InChI=1S/C16H14N2O5/c1-23-15(21)7-6-14(20)17-18-16(22)12-8-10-4-2-3-5-11(10)9-13(12)19/h2-9,19H,1H3,(H,17,20)(H,18,22)/b7-6-. The summed E-state index contributed by atoms with van der Waals surface area (Å²) in [6.45, 7) is 0. The van der Waals surface area contributed by atoms with Gasteiger partial charge >= 0.3 is 5.97 Å². The lowest BCUT2D eigenvalue weighted by Gasteiger charge is -2.08. The summed E-state index contributed by atoms with van der Waals surface area (Å²) in [5.74, 6) is -2.31. The van der Waals surface area contributed by atoms with Crippen molar-refractivity contribution in [2.24, 2.45) is 0 Å². The first-order valence-electron chi connectivity index (χ1n) is 6.59. The van der Waals surface area contributed by atoms with Crippen LogP contribution in [0, 0.1) is 0 Å². The van der Waals surface area contributed by atoms with Crippen molar-refractivity contribution in [3.8, 4) is 5.75 Å². The van der Waals surface area contributed by atoms with Crippen LogP contribution in [0.25, 0.3) is 10.8 Å². The lowest BCUT2D eigenvalue weighted by atomic mass is 10.1. The van der Waals surface area contributed by atoms with Crippen LogP contribution in [0.2, 0.25) is 0 Å². The van der Waals surface area contributed by atoms with Crippen LogP contribution in [0.1, 0.15) is 10.4 Å². The van der Waals surface area contributed by atoms with E-state index in [2.05, 4.69) is 15.6 Å². The number of hydrazine groups is 1. The van der Waals surface area contributed by atoms with E-state index in [-0.39, 0.29) is 11.3 Å². The highest BCUT2D eigenvalue weighted by atomic mass is 16.5. The van der Waals surface area contributed by atoms with Crippen LogP contribution >= 0.6 is 0 Å². The van der Waals surface area contributed by atoms with Gasteiger partial charge in [0.1, 0.15) is 5.75 Å².